The van der Waals surface area contributed by atoms with Crippen LogP contribution in [0, 0.1) is 0 Å². The summed E-state index contributed by atoms with van der Waals surface area (Å²) in [7, 11) is 4.46. The van der Waals surface area contributed by atoms with Crippen LogP contribution in [0.15, 0.2) is 35.3 Å². The summed E-state index contributed by atoms with van der Waals surface area (Å²) >= 11 is 14.6. The van der Waals surface area contributed by atoms with Crippen molar-refractivity contribution < 1.29 is 19.1 Å². The molecule has 0 spiro atoms. The zero-order chi connectivity index (χ0) is 25.1. The van der Waals surface area contributed by atoms with Crippen LogP contribution in [0.1, 0.15) is 52.8 Å². The van der Waals surface area contributed by atoms with Crippen LogP contribution in [0.2, 0.25) is 10.0 Å². The van der Waals surface area contributed by atoms with Gasteiger partial charge in [0.15, 0.2) is 0 Å². The standard InChI is InChI=1S/C25H25Cl2N3O4S/c1-30-25(28-15-7-5-4-6-8-15)35-22(29-30)17-11-12-18(24(32)34-3)21(27)20(17)14-9-10-16(19(26)13-14)23(31)33-2/h9-13,15H,4-8H2,1-3H3. The Labute approximate surface area is 217 Å². The van der Waals surface area contributed by atoms with Gasteiger partial charge in [-0.15, -0.1) is 0 Å². The Morgan fingerprint density at radius 3 is 2.34 bits per heavy atom. The fraction of sp³-hybridized carbons (Fsp3) is 0.360. The number of carbonyl (C=O) groups is 2. The number of esters is 2. The second-order valence-corrected chi connectivity index (χ2v) is 10.0. The first-order chi connectivity index (χ1) is 16.8. The summed E-state index contributed by atoms with van der Waals surface area (Å²) in [4.78, 5) is 30.1. The molecular weight excluding hydrogens is 509 g/mol. The Kier molecular flexibility index (Phi) is 7.94. The minimum absolute atomic E-state index is 0.206. The predicted molar refractivity (Wildman–Crippen MR) is 137 cm³/mol. The van der Waals surface area contributed by atoms with Gasteiger partial charge in [0.05, 0.1) is 41.4 Å². The first-order valence-electron chi connectivity index (χ1n) is 11.2. The van der Waals surface area contributed by atoms with Crippen molar-refractivity contribution in [3.8, 4) is 21.7 Å². The number of hydrogen-bond donors (Lipinski definition) is 0. The molecule has 184 valence electrons. The van der Waals surface area contributed by atoms with E-state index in [9.17, 15) is 9.59 Å². The topological polar surface area (TPSA) is 82.8 Å². The maximum absolute atomic E-state index is 12.4. The first-order valence-corrected chi connectivity index (χ1v) is 12.8. The third-order valence-electron chi connectivity index (χ3n) is 6.01. The maximum atomic E-state index is 12.4. The SMILES string of the molecule is COC(=O)c1ccc(-c2c(-c3nn(C)c(=NC4CCCCC4)s3)ccc(C(=O)OC)c2Cl)cc1Cl. The third kappa shape index (κ3) is 5.29. The van der Waals surface area contributed by atoms with E-state index >= 15 is 0 Å². The smallest absolute Gasteiger partial charge is 0.339 e. The minimum Gasteiger partial charge on any atom is -0.465 e. The van der Waals surface area contributed by atoms with E-state index in [0.29, 0.717) is 22.2 Å². The Morgan fingerprint density at radius 1 is 1.03 bits per heavy atom. The van der Waals surface area contributed by atoms with Gasteiger partial charge < -0.3 is 9.47 Å². The Hall–Kier alpha value is -2.68. The van der Waals surface area contributed by atoms with E-state index in [-0.39, 0.29) is 21.2 Å². The van der Waals surface area contributed by atoms with Gasteiger partial charge in [-0.3, -0.25) is 4.99 Å². The van der Waals surface area contributed by atoms with Crippen LogP contribution in [0.3, 0.4) is 0 Å². The number of aromatic nitrogens is 2. The summed E-state index contributed by atoms with van der Waals surface area (Å²) in [6, 6.07) is 8.62. The van der Waals surface area contributed by atoms with Gasteiger partial charge >= 0.3 is 11.9 Å². The molecule has 1 aromatic heterocycles. The lowest BCUT2D eigenvalue weighted by Crippen LogP contribution is -2.18. The molecule has 10 heteroatoms. The Balaban J connectivity index is 1.88. The Bertz CT molecular complexity index is 1340. The van der Waals surface area contributed by atoms with Gasteiger partial charge in [-0.25, -0.2) is 14.3 Å². The quantitative estimate of drug-likeness (QED) is 0.379. The highest BCUT2D eigenvalue weighted by atomic mass is 35.5. The van der Waals surface area contributed by atoms with Gasteiger partial charge in [0.1, 0.15) is 5.01 Å². The number of hydrogen-bond acceptors (Lipinski definition) is 7. The molecule has 1 aliphatic rings. The number of halogens is 2. The highest BCUT2D eigenvalue weighted by Crippen LogP contribution is 2.41. The number of benzene rings is 2. The van der Waals surface area contributed by atoms with Gasteiger partial charge in [0.2, 0.25) is 4.80 Å². The summed E-state index contributed by atoms with van der Waals surface area (Å²) in [6.45, 7) is 0. The van der Waals surface area contributed by atoms with Crippen LogP contribution in [0.4, 0.5) is 0 Å². The zero-order valence-electron chi connectivity index (χ0n) is 19.6. The summed E-state index contributed by atoms with van der Waals surface area (Å²) in [6.07, 6.45) is 5.82. The Morgan fingerprint density at radius 2 is 1.69 bits per heavy atom. The largest absolute Gasteiger partial charge is 0.465 e. The number of carbonyl (C=O) groups excluding carboxylic acids is 2. The van der Waals surface area contributed by atoms with Crippen LogP contribution in [-0.4, -0.2) is 42.0 Å². The number of aryl methyl sites for hydroxylation is 1. The van der Waals surface area contributed by atoms with Gasteiger partial charge in [0.25, 0.3) is 0 Å². The molecule has 1 aliphatic carbocycles. The predicted octanol–water partition coefficient (Wildman–Crippen LogP) is 5.93. The molecule has 1 saturated carbocycles. The highest BCUT2D eigenvalue weighted by Gasteiger charge is 2.23. The number of nitrogens with zero attached hydrogens (tertiary/aromatic N) is 3. The van der Waals surface area contributed by atoms with E-state index in [1.165, 1.54) is 44.8 Å². The molecule has 7 nitrogen and oxygen atoms in total. The molecule has 0 saturated heterocycles. The van der Waals surface area contributed by atoms with Gasteiger partial charge in [-0.1, -0.05) is 65.9 Å². The summed E-state index contributed by atoms with van der Waals surface area (Å²) < 4.78 is 11.5. The van der Waals surface area contributed by atoms with Crippen molar-refractivity contribution in [2.24, 2.45) is 12.0 Å². The fourth-order valence-corrected chi connectivity index (χ4v) is 5.79. The molecule has 35 heavy (non-hydrogen) atoms. The maximum Gasteiger partial charge on any atom is 0.339 e. The van der Waals surface area contributed by atoms with Crippen molar-refractivity contribution in [2.45, 2.75) is 38.1 Å². The average molecular weight is 534 g/mol. The molecule has 2 aromatic carbocycles. The van der Waals surface area contributed by atoms with Crippen molar-refractivity contribution in [2.75, 3.05) is 14.2 Å². The van der Waals surface area contributed by atoms with Crippen molar-refractivity contribution >= 4 is 46.5 Å². The summed E-state index contributed by atoms with van der Waals surface area (Å²) in [5, 5.41) is 5.82. The lowest BCUT2D eigenvalue weighted by molar-refractivity contribution is 0.0592. The highest BCUT2D eigenvalue weighted by molar-refractivity contribution is 7.12. The molecule has 0 amide bonds. The summed E-state index contributed by atoms with van der Waals surface area (Å²) in [5.74, 6) is -1.10. The minimum atomic E-state index is -0.558. The molecule has 0 bridgehead atoms. The molecule has 0 aliphatic heterocycles. The number of rotatable bonds is 5. The van der Waals surface area contributed by atoms with Crippen LogP contribution >= 0.6 is 34.5 Å². The summed E-state index contributed by atoms with van der Waals surface area (Å²) in [5.41, 5.74) is 2.35. The average Bonchev–Trinajstić information content (AvgIpc) is 3.23. The first kappa shape index (κ1) is 25.4. The molecule has 0 radical (unpaired) electrons. The van der Waals surface area contributed by atoms with E-state index in [0.717, 1.165) is 23.2 Å². The lowest BCUT2D eigenvalue weighted by atomic mass is 9.96. The van der Waals surface area contributed by atoms with E-state index in [1.54, 1.807) is 35.0 Å². The fourth-order valence-electron chi connectivity index (χ4n) is 4.19. The van der Waals surface area contributed by atoms with Crippen LogP contribution in [0.25, 0.3) is 21.7 Å². The van der Waals surface area contributed by atoms with Crippen LogP contribution < -0.4 is 4.80 Å². The molecule has 0 unspecified atom stereocenters. The van der Waals surface area contributed by atoms with Gasteiger partial charge in [0, 0.05) is 18.2 Å². The van der Waals surface area contributed by atoms with Gasteiger partial charge in [-0.05, 0) is 36.6 Å². The van der Waals surface area contributed by atoms with E-state index < -0.39 is 11.9 Å². The molecule has 3 aromatic rings. The molecular formula is C25H25Cl2N3O4S. The second-order valence-electron chi connectivity index (χ2n) is 8.26. The van der Waals surface area contributed by atoms with Gasteiger partial charge in [-0.2, -0.15) is 5.10 Å². The molecule has 1 heterocycles. The van der Waals surface area contributed by atoms with E-state index in [4.69, 9.17) is 42.8 Å². The zero-order valence-corrected chi connectivity index (χ0v) is 22.0. The number of methoxy groups -OCH3 is 2. The van der Waals surface area contributed by atoms with Crippen molar-refractivity contribution in [1.29, 1.82) is 0 Å². The van der Waals surface area contributed by atoms with E-state index in [2.05, 4.69) is 0 Å². The third-order valence-corrected chi connectivity index (χ3v) is 7.77. The van der Waals surface area contributed by atoms with Crippen LogP contribution in [0.5, 0.6) is 0 Å². The molecule has 1 fully saturated rings. The molecule has 0 N–H and O–H groups in total. The van der Waals surface area contributed by atoms with E-state index in [1.807, 2.05) is 7.05 Å². The van der Waals surface area contributed by atoms with Crippen molar-refractivity contribution in [3.05, 3.63) is 56.3 Å². The second kappa shape index (κ2) is 10.9. The monoisotopic (exact) mass is 533 g/mol. The number of ether oxygens (including phenoxy) is 2. The normalized spacial score (nSPS) is 14.7. The lowest BCUT2D eigenvalue weighted by Gasteiger charge is -2.16. The van der Waals surface area contributed by atoms with Crippen LogP contribution in [-0.2, 0) is 16.5 Å². The van der Waals surface area contributed by atoms with Crippen molar-refractivity contribution in [1.82, 2.24) is 9.78 Å². The molecule has 0 atom stereocenters. The van der Waals surface area contributed by atoms with Crippen molar-refractivity contribution in [3.63, 3.8) is 0 Å². The molecule has 4 rings (SSSR count).